The molecule has 1 aliphatic heterocycles. The van der Waals surface area contributed by atoms with Gasteiger partial charge in [0.1, 0.15) is 11.9 Å². The molecule has 132 valence electrons. The van der Waals surface area contributed by atoms with E-state index in [4.69, 9.17) is 9.47 Å². The summed E-state index contributed by atoms with van der Waals surface area (Å²) in [5, 5.41) is 3.06. The summed E-state index contributed by atoms with van der Waals surface area (Å²) in [6, 6.07) is 7.87. The number of fused-ring (bicyclic) bond motifs is 1. The van der Waals surface area contributed by atoms with Gasteiger partial charge in [0.25, 0.3) is 0 Å². The lowest BCUT2D eigenvalue weighted by molar-refractivity contribution is 0.00439. The fourth-order valence-corrected chi connectivity index (χ4v) is 4.06. The van der Waals surface area contributed by atoms with E-state index in [2.05, 4.69) is 26.1 Å². The second kappa shape index (κ2) is 7.45. The Morgan fingerprint density at radius 2 is 2.04 bits per heavy atom. The van der Waals surface area contributed by atoms with Crippen molar-refractivity contribution in [3.63, 3.8) is 0 Å². The summed E-state index contributed by atoms with van der Waals surface area (Å²) in [5.41, 5.74) is 1.04. The summed E-state index contributed by atoms with van der Waals surface area (Å²) in [5.74, 6) is 2.50. The zero-order chi connectivity index (χ0) is 17.1. The Labute approximate surface area is 144 Å². The van der Waals surface area contributed by atoms with Crippen LogP contribution in [0.15, 0.2) is 24.3 Å². The van der Waals surface area contributed by atoms with Crippen molar-refractivity contribution in [2.75, 3.05) is 6.61 Å². The highest BCUT2D eigenvalue weighted by molar-refractivity contribution is 5.68. The first-order valence-electron chi connectivity index (χ1n) is 9.23. The molecule has 1 aromatic rings. The Kier molecular flexibility index (Phi) is 5.32. The van der Waals surface area contributed by atoms with Crippen LogP contribution in [0, 0.1) is 17.8 Å². The van der Waals surface area contributed by atoms with Gasteiger partial charge in [0.2, 0.25) is 0 Å². The van der Waals surface area contributed by atoms with E-state index in [9.17, 15) is 4.79 Å². The molecule has 2 aliphatic rings. The normalized spacial score (nSPS) is 29.5. The molecule has 0 saturated heterocycles. The number of hydrogen-bond acceptors (Lipinski definition) is 3. The minimum Gasteiger partial charge on any atom is -0.493 e. The number of carbonyl (C=O) groups excluding carboxylic acids is 1. The number of para-hydroxylation sites is 1. The maximum Gasteiger partial charge on any atom is 0.407 e. The highest BCUT2D eigenvalue weighted by Gasteiger charge is 2.34. The molecule has 1 saturated carbocycles. The van der Waals surface area contributed by atoms with Crippen molar-refractivity contribution in [2.45, 2.75) is 58.6 Å². The second-order valence-corrected chi connectivity index (χ2v) is 7.64. The molecule has 1 fully saturated rings. The van der Waals surface area contributed by atoms with Gasteiger partial charge in [0.15, 0.2) is 0 Å². The van der Waals surface area contributed by atoms with Crippen LogP contribution in [-0.2, 0) is 4.74 Å². The van der Waals surface area contributed by atoms with E-state index in [-0.39, 0.29) is 18.2 Å². The topological polar surface area (TPSA) is 47.6 Å². The molecule has 1 aromatic carbocycles. The van der Waals surface area contributed by atoms with E-state index in [1.54, 1.807) is 0 Å². The van der Waals surface area contributed by atoms with Crippen LogP contribution in [-0.4, -0.2) is 18.8 Å². The summed E-state index contributed by atoms with van der Waals surface area (Å²) in [7, 11) is 0. The van der Waals surface area contributed by atoms with Gasteiger partial charge in [-0.2, -0.15) is 0 Å². The van der Waals surface area contributed by atoms with Crippen LogP contribution in [0.4, 0.5) is 4.79 Å². The van der Waals surface area contributed by atoms with Crippen molar-refractivity contribution in [1.82, 2.24) is 5.32 Å². The summed E-state index contributed by atoms with van der Waals surface area (Å²) < 4.78 is 11.5. The van der Waals surface area contributed by atoms with Gasteiger partial charge in [-0.25, -0.2) is 4.79 Å². The third-order valence-corrected chi connectivity index (χ3v) is 5.47. The monoisotopic (exact) mass is 331 g/mol. The first-order chi connectivity index (χ1) is 11.5. The van der Waals surface area contributed by atoms with E-state index in [1.807, 2.05) is 24.3 Å². The fraction of sp³-hybridized carbons (Fsp3) is 0.650. The molecule has 24 heavy (non-hydrogen) atoms. The molecule has 0 spiro atoms. The van der Waals surface area contributed by atoms with Crippen molar-refractivity contribution in [3.8, 4) is 5.75 Å². The van der Waals surface area contributed by atoms with Crippen LogP contribution in [0.1, 0.15) is 58.1 Å². The number of rotatable bonds is 3. The molecular weight excluding hydrogens is 302 g/mol. The van der Waals surface area contributed by atoms with Crippen molar-refractivity contribution in [2.24, 2.45) is 17.8 Å². The number of amides is 1. The van der Waals surface area contributed by atoms with E-state index < -0.39 is 0 Å². The highest BCUT2D eigenvalue weighted by Crippen LogP contribution is 2.36. The highest BCUT2D eigenvalue weighted by atomic mass is 16.6. The fourth-order valence-electron chi connectivity index (χ4n) is 4.06. The van der Waals surface area contributed by atoms with E-state index in [1.165, 1.54) is 6.42 Å². The maximum atomic E-state index is 12.5. The lowest BCUT2D eigenvalue weighted by atomic mass is 9.75. The predicted octanol–water partition coefficient (Wildman–Crippen LogP) is 4.70. The first kappa shape index (κ1) is 17.1. The van der Waals surface area contributed by atoms with Gasteiger partial charge in [-0.05, 0) is 36.7 Å². The molecule has 0 bridgehead atoms. The third-order valence-electron chi connectivity index (χ3n) is 5.47. The molecule has 4 atom stereocenters. The summed E-state index contributed by atoms with van der Waals surface area (Å²) >= 11 is 0. The van der Waals surface area contributed by atoms with Crippen LogP contribution in [0.25, 0.3) is 0 Å². The molecule has 4 heteroatoms. The van der Waals surface area contributed by atoms with Gasteiger partial charge >= 0.3 is 6.09 Å². The van der Waals surface area contributed by atoms with Gasteiger partial charge in [-0.1, -0.05) is 45.4 Å². The van der Waals surface area contributed by atoms with E-state index in [0.29, 0.717) is 24.4 Å². The van der Waals surface area contributed by atoms with Crippen LogP contribution >= 0.6 is 0 Å². The number of benzene rings is 1. The standard InChI is InChI=1S/C20H29NO3/c1-13(2)15-9-8-14(3)12-19(15)24-20(22)21-17-10-11-23-18-7-5-4-6-16(17)18/h4-7,13-15,17,19H,8-12H2,1-3H3,(H,21,22)/t14-,15+,17?,19-/m1/s1. The lowest BCUT2D eigenvalue weighted by Crippen LogP contribution is -2.40. The van der Waals surface area contributed by atoms with Gasteiger partial charge < -0.3 is 14.8 Å². The molecular formula is C20H29NO3. The van der Waals surface area contributed by atoms with Gasteiger partial charge in [0.05, 0.1) is 12.6 Å². The molecule has 0 radical (unpaired) electrons. The summed E-state index contributed by atoms with van der Waals surface area (Å²) in [6.45, 7) is 7.32. The van der Waals surface area contributed by atoms with E-state index >= 15 is 0 Å². The van der Waals surface area contributed by atoms with E-state index in [0.717, 1.165) is 30.6 Å². The van der Waals surface area contributed by atoms with Crippen molar-refractivity contribution < 1.29 is 14.3 Å². The Morgan fingerprint density at radius 3 is 2.83 bits per heavy atom. The predicted molar refractivity (Wildman–Crippen MR) is 94.0 cm³/mol. The van der Waals surface area contributed by atoms with Crippen LogP contribution in [0.2, 0.25) is 0 Å². The number of carbonyl (C=O) groups is 1. The SMILES string of the molecule is CC(C)[C@@H]1CC[C@@H](C)C[C@H]1OC(=O)NC1CCOc2ccccc21. The zero-order valence-electron chi connectivity index (χ0n) is 15.0. The number of ether oxygens (including phenoxy) is 2. The smallest absolute Gasteiger partial charge is 0.407 e. The van der Waals surface area contributed by atoms with Gasteiger partial charge in [0, 0.05) is 12.0 Å². The van der Waals surface area contributed by atoms with Crippen molar-refractivity contribution >= 4 is 6.09 Å². The molecule has 1 amide bonds. The summed E-state index contributed by atoms with van der Waals surface area (Å²) in [4.78, 5) is 12.5. The average molecular weight is 331 g/mol. The molecule has 1 heterocycles. The molecule has 1 aliphatic carbocycles. The summed E-state index contributed by atoms with van der Waals surface area (Å²) in [6.07, 6.45) is 3.88. The molecule has 3 rings (SSSR count). The second-order valence-electron chi connectivity index (χ2n) is 7.64. The van der Waals surface area contributed by atoms with Gasteiger partial charge in [-0.15, -0.1) is 0 Å². The Hall–Kier alpha value is -1.71. The Bertz CT molecular complexity index is 572. The average Bonchev–Trinajstić information content (AvgIpc) is 2.55. The van der Waals surface area contributed by atoms with Crippen LogP contribution in [0.5, 0.6) is 5.75 Å². The number of nitrogens with one attached hydrogen (secondary N) is 1. The van der Waals surface area contributed by atoms with Crippen molar-refractivity contribution in [3.05, 3.63) is 29.8 Å². The van der Waals surface area contributed by atoms with Gasteiger partial charge in [-0.3, -0.25) is 0 Å². The zero-order valence-corrected chi connectivity index (χ0v) is 15.0. The lowest BCUT2D eigenvalue weighted by Gasteiger charge is -2.37. The van der Waals surface area contributed by atoms with Crippen LogP contribution < -0.4 is 10.1 Å². The molecule has 4 nitrogen and oxygen atoms in total. The van der Waals surface area contributed by atoms with Crippen LogP contribution in [0.3, 0.4) is 0 Å². The first-order valence-corrected chi connectivity index (χ1v) is 9.23. The largest absolute Gasteiger partial charge is 0.493 e. The molecule has 1 unspecified atom stereocenters. The Balaban J connectivity index is 1.63. The molecule has 1 N–H and O–H groups in total. The molecule has 0 aromatic heterocycles. The van der Waals surface area contributed by atoms with Crippen molar-refractivity contribution in [1.29, 1.82) is 0 Å². The number of alkyl carbamates (subject to hydrolysis) is 1. The minimum absolute atomic E-state index is 0.0269. The minimum atomic E-state index is -0.290. The quantitative estimate of drug-likeness (QED) is 0.873. The Morgan fingerprint density at radius 1 is 1.25 bits per heavy atom. The number of hydrogen-bond donors (Lipinski definition) is 1. The third kappa shape index (κ3) is 3.85. The maximum absolute atomic E-state index is 12.5.